The lowest BCUT2D eigenvalue weighted by Crippen LogP contribution is -2.39. The summed E-state index contributed by atoms with van der Waals surface area (Å²) in [6.45, 7) is 1.57. The van der Waals surface area contributed by atoms with Crippen LogP contribution in [0.5, 0.6) is 0 Å². The first-order valence-corrected chi connectivity index (χ1v) is 7.42. The van der Waals surface area contributed by atoms with Crippen LogP contribution in [0.25, 0.3) is 11.1 Å². The Morgan fingerprint density at radius 3 is 2.13 bits per heavy atom. The third-order valence-electron chi connectivity index (χ3n) is 4.05. The fourth-order valence-electron chi connectivity index (χ4n) is 2.88. The molecule has 0 unspecified atom stereocenters. The molecule has 3 rings (SSSR count). The molecule has 0 radical (unpaired) electrons. The van der Waals surface area contributed by atoms with E-state index in [2.05, 4.69) is 17.4 Å². The number of nitrogens with one attached hydrogen (secondary N) is 1. The quantitative estimate of drug-likeness (QED) is 0.851. The Balaban J connectivity index is 1.76. The summed E-state index contributed by atoms with van der Waals surface area (Å²) in [7, 11) is 0. The van der Waals surface area contributed by atoms with Crippen LogP contribution in [0.4, 0.5) is 4.79 Å². The molecule has 1 amide bonds. The molecule has 2 N–H and O–H groups in total. The van der Waals surface area contributed by atoms with Crippen molar-refractivity contribution in [2.75, 3.05) is 6.61 Å². The average molecular weight is 312 g/mol. The second-order valence-electron chi connectivity index (χ2n) is 5.53. The van der Waals surface area contributed by atoms with Gasteiger partial charge in [0.05, 0.1) is 0 Å². The van der Waals surface area contributed by atoms with Crippen molar-refractivity contribution >= 4 is 12.1 Å². The SMILES string of the molecule is C[C@@H]([15NH]C(=O)OCC1c2ccccc2-c2ccccc21)C(=O)O. The maximum absolute atomic E-state index is 11.7. The molecule has 1 atom stereocenters. The first-order valence-electron chi connectivity index (χ1n) is 7.42. The third kappa shape index (κ3) is 2.90. The Labute approximate surface area is 133 Å². The summed E-state index contributed by atoms with van der Waals surface area (Å²) in [6.07, 6.45) is -0.721. The number of benzene rings is 2. The molecule has 0 spiro atoms. The molecule has 0 bridgehead atoms. The van der Waals surface area contributed by atoms with E-state index in [9.17, 15) is 9.59 Å². The van der Waals surface area contributed by atoms with Crippen molar-refractivity contribution in [1.82, 2.24) is 5.32 Å². The topological polar surface area (TPSA) is 75.6 Å². The highest BCUT2D eigenvalue weighted by Gasteiger charge is 2.29. The van der Waals surface area contributed by atoms with Crippen LogP contribution >= 0.6 is 0 Å². The van der Waals surface area contributed by atoms with Crippen molar-refractivity contribution in [3.63, 3.8) is 0 Å². The number of carboxylic acid groups (broad SMARTS) is 1. The summed E-state index contributed by atoms with van der Waals surface area (Å²) in [4.78, 5) is 22.5. The number of carboxylic acids is 1. The largest absolute Gasteiger partial charge is 0.480 e. The summed E-state index contributed by atoms with van der Waals surface area (Å²) in [5.74, 6) is -1.13. The van der Waals surface area contributed by atoms with E-state index in [1.807, 2.05) is 36.4 Å². The Kier molecular flexibility index (Phi) is 4.02. The number of aliphatic carboxylic acids is 1. The van der Waals surface area contributed by atoms with Crippen molar-refractivity contribution in [2.45, 2.75) is 18.9 Å². The summed E-state index contributed by atoms with van der Waals surface area (Å²) in [6, 6.07) is 15.1. The molecule has 5 heteroatoms. The minimum atomic E-state index is -1.10. The molecular formula is C18H17NO4. The number of amides is 1. The molecule has 23 heavy (non-hydrogen) atoms. The zero-order valence-electron chi connectivity index (χ0n) is 12.7. The van der Waals surface area contributed by atoms with Gasteiger partial charge in [0, 0.05) is 5.92 Å². The number of carbonyl (C=O) groups excluding carboxylic acids is 1. The fraction of sp³-hybridized carbons (Fsp3) is 0.222. The summed E-state index contributed by atoms with van der Waals surface area (Å²) in [5.41, 5.74) is 4.53. The molecule has 0 aromatic heterocycles. The summed E-state index contributed by atoms with van der Waals surface area (Å²) < 4.78 is 5.25. The second kappa shape index (κ2) is 6.12. The van der Waals surface area contributed by atoms with Crippen molar-refractivity contribution in [1.29, 1.82) is 0 Å². The Morgan fingerprint density at radius 1 is 1.09 bits per heavy atom. The van der Waals surface area contributed by atoms with E-state index >= 15 is 0 Å². The van der Waals surface area contributed by atoms with E-state index in [4.69, 9.17) is 9.84 Å². The standard InChI is InChI=1S/C18H17NO4/c1-11(17(20)21)19-18(22)23-10-16-14-8-4-2-6-12(14)13-7-3-5-9-15(13)16/h2-9,11,16H,10H2,1H3,(H,19,22)(H,20,21)/t11-/m1/s1/i19+1. The van der Waals surface area contributed by atoms with Gasteiger partial charge in [0.15, 0.2) is 0 Å². The average Bonchev–Trinajstić information content (AvgIpc) is 2.87. The first kappa shape index (κ1) is 15.1. The van der Waals surface area contributed by atoms with Gasteiger partial charge in [-0.2, -0.15) is 0 Å². The highest BCUT2D eigenvalue weighted by atomic mass is 16.6. The minimum Gasteiger partial charge on any atom is -0.480 e. The summed E-state index contributed by atoms with van der Waals surface area (Å²) in [5, 5.41) is 11.1. The zero-order valence-corrected chi connectivity index (χ0v) is 12.7. The summed E-state index contributed by atoms with van der Waals surface area (Å²) >= 11 is 0. The Hall–Kier alpha value is -2.82. The van der Waals surface area contributed by atoms with Gasteiger partial charge in [-0.3, -0.25) is 4.79 Å². The first-order chi connectivity index (χ1) is 11.1. The van der Waals surface area contributed by atoms with Crippen molar-refractivity contribution in [2.24, 2.45) is 0 Å². The molecule has 118 valence electrons. The molecule has 1 aliphatic carbocycles. The second-order valence-corrected chi connectivity index (χ2v) is 5.53. The number of rotatable bonds is 4. The number of ether oxygens (including phenoxy) is 1. The lowest BCUT2D eigenvalue weighted by Gasteiger charge is -2.15. The van der Waals surface area contributed by atoms with Crippen LogP contribution in [0.15, 0.2) is 48.5 Å². The molecule has 0 aliphatic heterocycles. The molecule has 0 saturated heterocycles. The van der Waals surface area contributed by atoms with Crippen LogP contribution in [0.2, 0.25) is 0 Å². The van der Waals surface area contributed by atoms with E-state index in [1.165, 1.54) is 6.92 Å². The van der Waals surface area contributed by atoms with E-state index in [-0.39, 0.29) is 12.5 Å². The fourth-order valence-corrected chi connectivity index (χ4v) is 2.88. The zero-order chi connectivity index (χ0) is 16.4. The number of fused-ring (bicyclic) bond motifs is 3. The van der Waals surface area contributed by atoms with Gasteiger partial charge in [0.1, 0.15) is 12.6 Å². The maximum atomic E-state index is 11.7. The van der Waals surface area contributed by atoms with Crippen LogP contribution in [0.1, 0.15) is 24.0 Å². The minimum absolute atomic E-state index is 0.0340. The maximum Gasteiger partial charge on any atom is 0.407 e. The van der Waals surface area contributed by atoms with E-state index in [0.29, 0.717) is 0 Å². The molecule has 5 nitrogen and oxygen atoms in total. The van der Waals surface area contributed by atoms with Gasteiger partial charge in [-0.1, -0.05) is 48.5 Å². The van der Waals surface area contributed by atoms with Gasteiger partial charge in [0.2, 0.25) is 0 Å². The van der Waals surface area contributed by atoms with Gasteiger partial charge < -0.3 is 15.2 Å². The molecule has 0 saturated carbocycles. The Bertz CT molecular complexity index is 711. The number of alkyl carbamates (subject to hydrolysis) is 1. The van der Waals surface area contributed by atoms with Crippen LogP contribution in [0.3, 0.4) is 0 Å². The monoisotopic (exact) mass is 312 g/mol. The predicted octanol–water partition coefficient (Wildman–Crippen LogP) is 3.00. The molecule has 2 aromatic carbocycles. The number of hydrogen-bond acceptors (Lipinski definition) is 3. The van der Waals surface area contributed by atoms with Crippen molar-refractivity contribution < 1.29 is 19.4 Å². The van der Waals surface area contributed by atoms with Gasteiger partial charge >= 0.3 is 12.1 Å². The molecule has 0 fully saturated rings. The van der Waals surface area contributed by atoms with Crippen LogP contribution < -0.4 is 5.32 Å². The van der Waals surface area contributed by atoms with Gasteiger partial charge in [0.25, 0.3) is 0 Å². The highest BCUT2D eigenvalue weighted by molar-refractivity contribution is 5.80. The predicted molar refractivity (Wildman–Crippen MR) is 85.3 cm³/mol. The lowest BCUT2D eigenvalue weighted by molar-refractivity contribution is -0.138. The highest BCUT2D eigenvalue weighted by Crippen LogP contribution is 2.44. The molecule has 2 aromatic rings. The number of carbonyl (C=O) groups is 2. The molecule has 0 heterocycles. The normalized spacial score (nSPS) is 13.8. The van der Waals surface area contributed by atoms with Crippen molar-refractivity contribution in [3.05, 3.63) is 59.7 Å². The van der Waals surface area contributed by atoms with Crippen LogP contribution in [-0.4, -0.2) is 29.8 Å². The van der Waals surface area contributed by atoms with Crippen LogP contribution in [-0.2, 0) is 9.53 Å². The van der Waals surface area contributed by atoms with Gasteiger partial charge in [-0.25, -0.2) is 4.79 Å². The van der Waals surface area contributed by atoms with E-state index in [1.54, 1.807) is 0 Å². The van der Waals surface area contributed by atoms with Gasteiger partial charge in [-0.15, -0.1) is 0 Å². The van der Waals surface area contributed by atoms with Crippen LogP contribution in [0, 0.1) is 0 Å². The smallest absolute Gasteiger partial charge is 0.407 e. The van der Waals surface area contributed by atoms with Crippen molar-refractivity contribution in [3.8, 4) is 11.1 Å². The third-order valence-corrected chi connectivity index (χ3v) is 4.05. The van der Waals surface area contributed by atoms with E-state index < -0.39 is 18.1 Å². The molecule has 1 aliphatic rings. The van der Waals surface area contributed by atoms with Gasteiger partial charge in [-0.05, 0) is 29.2 Å². The Morgan fingerprint density at radius 2 is 1.61 bits per heavy atom. The number of hydrogen-bond donors (Lipinski definition) is 2. The van der Waals surface area contributed by atoms with E-state index in [0.717, 1.165) is 22.3 Å². The molecular weight excluding hydrogens is 295 g/mol. The lowest BCUT2D eigenvalue weighted by atomic mass is 9.98.